The third kappa shape index (κ3) is 5.17. The van der Waals surface area contributed by atoms with Gasteiger partial charge in [0.2, 0.25) is 11.8 Å². The van der Waals surface area contributed by atoms with E-state index < -0.39 is 42.7 Å². The van der Waals surface area contributed by atoms with Crippen LogP contribution in [0.15, 0.2) is 0 Å². The fourth-order valence-electron chi connectivity index (χ4n) is 6.29. The number of hydrogen-bond donors (Lipinski definition) is 5. The smallest absolute Gasteiger partial charge is 0.229 e. The maximum Gasteiger partial charge on any atom is 0.229 e. The summed E-state index contributed by atoms with van der Waals surface area (Å²) in [6.45, 7) is 5.30. The molecule has 0 aromatic rings. The molecular weight excluding hydrogens is 460 g/mol. The minimum Gasteiger partial charge on any atom is -0.350 e. The molecule has 0 spiro atoms. The first kappa shape index (κ1) is 25.2. The first-order chi connectivity index (χ1) is 16.8. The van der Waals surface area contributed by atoms with Crippen LogP contribution < -0.4 is 27.1 Å². The molecule has 5 rings (SSSR count). The maximum atomic E-state index is 15.2. The second kappa shape index (κ2) is 10.5. The summed E-state index contributed by atoms with van der Waals surface area (Å²) in [5.74, 6) is -0.896. The zero-order chi connectivity index (χ0) is 24.7. The van der Waals surface area contributed by atoms with Crippen molar-refractivity contribution in [2.75, 3.05) is 72.5 Å². The number of piperazine rings is 1. The van der Waals surface area contributed by atoms with Crippen molar-refractivity contribution in [3.05, 3.63) is 0 Å². The van der Waals surface area contributed by atoms with Gasteiger partial charge in [-0.3, -0.25) is 19.8 Å². The van der Waals surface area contributed by atoms with E-state index in [2.05, 4.69) is 33.3 Å². The first-order valence-electron chi connectivity index (χ1n) is 12.8. The van der Waals surface area contributed by atoms with Gasteiger partial charge in [0.1, 0.15) is 12.3 Å². The summed E-state index contributed by atoms with van der Waals surface area (Å²) < 4.78 is 29.0. The van der Waals surface area contributed by atoms with Crippen LogP contribution in [0.25, 0.3) is 0 Å². The number of nitrogens with zero attached hydrogens (tertiary/aromatic N) is 4. The summed E-state index contributed by atoms with van der Waals surface area (Å²) >= 11 is 0. The van der Waals surface area contributed by atoms with Crippen LogP contribution in [0.1, 0.15) is 6.42 Å². The number of likely N-dealkylation sites (tertiary alicyclic amines) is 1. The highest BCUT2D eigenvalue weighted by Crippen LogP contribution is 2.27. The lowest BCUT2D eigenvalue weighted by atomic mass is 9.95. The van der Waals surface area contributed by atoms with E-state index in [1.54, 1.807) is 5.01 Å². The van der Waals surface area contributed by atoms with Crippen molar-refractivity contribution in [1.29, 1.82) is 0 Å². The van der Waals surface area contributed by atoms with Gasteiger partial charge in [0.15, 0.2) is 0 Å². The summed E-state index contributed by atoms with van der Waals surface area (Å²) in [6, 6.07) is -0.968. The summed E-state index contributed by atoms with van der Waals surface area (Å²) in [5.41, 5.74) is 9.17. The number of likely N-dealkylation sites (N-methyl/N-ethyl adjacent to an activating group) is 1. The summed E-state index contributed by atoms with van der Waals surface area (Å²) in [6.07, 6.45) is -2.58. The van der Waals surface area contributed by atoms with Gasteiger partial charge >= 0.3 is 0 Å². The first-order valence-corrected chi connectivity index (χ1v) is 12.8. The molecule has 5 aliphatic rings. The van der Waals surface area contributed by atoms with Crippen LogP contribution in [0.3, 0.4) is 0 Å². The molecule has 198 valence electrons. The van der Waals surface area contributed by atoms with Gasteiger partial charge in [-0.2, -0.15) is 0 Å². The highest BCUT2D eigenvalue weighted by atomic mass is 19.1. The standard InChI is InChI=1S/C22H39F2N9O2/c1-30-4-6-31(7-5-30)22(35)13-2-3-32(11-13)18-15(24)9-26-10-16(18)28-21(34)17-19(25)29-33-12-14(23)8-27-20(17)33/h13-20,26-27,29H,2-12,25H2,1H3,(H,28,34). The van der Waals surface area contributed by atoms with Crippen LogP contribution >= 0.6 is 0 Å². The molecule has 5 aliphatic heterocycles. The Hall–Kier alpha value is -1.48. The minimum atomic E-state index is -1.17. The molecule has 8 atom stereocenters. The minimum absolute atomic E-state index is 0.141. The van der Waals surface area contributed by atoms with Gasteiger partial charge in [0, 0.05) is 58.9 Å². The van der Waals surface area contributed by atoms with Crippen molar-refractivity contribution in [2.45, 2.75) is 43.2 Å². The number of rotatable bonds is 4. The molecule has 5 heterocycles. The highest BCUT2D eigenvalue weighted by molar-refractivity contribution is 5.81. The van der Waals surface area contributed by atoms with Gasteiger partial charge in [-0.05, 0) is 20.0 Å². The molecule has 5 saturated heterocycles. The van der Waals surface area contributed by atoms with Gasteiger partial charge in [-0.15, -0.1) is 0 Å². The van der Waals surface area contributed by atoms with Crippen LogP contribution in [0.5, 0.6) is 0 Å². The molecule has 0 aliphatic carbocycles. The van der Waals surface area contributed by atoms with Crippen molar-refractivity contribution >= 4 is 11.8 Å². The largest absolute Gasteiger partial charge is 0.350 e. The van der Waals surface area contributed by atoms with Crippen LogP contribution in [-0.4, -0.2) is 141 Å². The molecule has 2 amide bonds. The van der Waals surface area contributed by atoms with E-state index in [0.29, 0.717) is 26.1 Å². The van der Waals surface area contributed by atoms with E-state index in [9.17, 15) is 14.0 Å². The van der Waals surface area contributed by atoms with E-state index in [-0.39, 0.29) is 37.4 Å². The number of carbonyl (C=O) groups excluding carboxylic acids is 2. The van der Waals surface area contributed by atoms with Crippen LogP contribution in [0, 0.1) is 11.8 Å². The topological polar surface area (TPSA) is 121 Å². The normalized spacial score (nSPS) is 41.7. The monoisotopic (exact) mass is 499 g/mol. The second-order valence-electron chi connectivity index (χ2n) is 10.7. The number of nitrogens with one attached hydrogen (secondary N) is 4. The van der Waals surface area contributed by atoms with Crippen molar-refractivity contribution in [1.82, 2.24) is 41.1 Å². The van der Waals surface area contributed by atoms with Crippen LogP contribution in [0.2, 0.25) is 0 Å². The molecule has 35 heavy (non-hydrogen) atoms. The molecule has 8 unspecified atom stereocenters. The molecule has 13 heteroatoms. The molecule has 0 radical (unpaired) electrons. The van der Waals surface area contributed by atoms with E-state index in [1.165, 1.54) is 0 Å². The molecule has 11 nitrogen and oxygen atoms in total. The zero-order valence-corrected chi connectivity index (χ0v) is 20.3. The lowest BCUT2D eigenvalue weighted by molar-refractivity contribution is -0.137. The zero-order valence-electron chi connectivity index (χ0n) is 20.3. The number of hydrazine groups is 1. The quantitative estimate of drug-likeness (QED) is 0.273. The number of nitrogens with two attached hydrogens (primary N) is 1. The fraction of sp³-hybridized carbons (Fsp3) is 0.909. The maximum absolute atomic E-state index is 15.2. The lowest BCUT2D eigenvalue weighted by Gasteiger charge is -2.41. The molecule has 0 bridgehead atoms. The van der Waals surface area contributed by atoms with Crippen LogP contribution in [-0.2, 0) is 9.59 Å². The Morgan fingerprint density at radius 2 is 1.80 bits per heavy atom. The van der Waals surface area contributed by atoms with Crippen molar-refractivity contribution < 1.29 is 18.4 Å². The molecule has 5 fully saturated rings. The predicted octanol–water partition coefficient (Wildman–Crippen LogP) is -3.13. The third-order valence-electron chi connectivity index (χ3n) is 8.24. The average Bonchev–Trinajstić information content (AvgIpc) is 3.43. The number of alkyl halides is 2. The lowest BCUT2D eigenvalue weighted by Crippen LogP contribution is -2.66. The number of piperidine rings is 1. The Morgan fingerprint density at radius 1 is 1.03 bits per heavy atom. The van der Waals surface area contributed by atoms with Gasteiger partial charge < -0.3 is 26.2 Å². The van der Waals surface area contributed by atoms with Crippen molar-refractivity contribution in [3.8, 4) is 0 Å². The van der Waals surface area contributed by atoms with E-state index in [4.69, 9.17) is 5.73 Å². The SMILES string of the molecule is CN1CCN(C(=O)C2CCN(C3C(F)CNCC3NC(=O)C3C(N)NN4CC(F)CNC34)C2)CC1. The Kier molecular flexibility index (Phi) is 7.54. The third-order valence-corrected chi connectivity index (χ3v) is 8.24. The summed E-state index contributed by atoms with van der Waals surface area (Å²) in [4.78, 5) is 32.6. The molecule has 0 saturated carbocycles. The molecular formula is C22H39F2N9O2. The Balaban J connectivity index is 1.22. The number of fused-ring (bicyclic) bond motifs is 1. The van der Waals surface area contributed by atoms with Gasteiger partial charge in [-0.1, -0.05) is 0 Å². The Morgan fingerprint density at radius 3 is 2.57 bits per heavy atom. The molecule has 0 aromatic carbocycles. The van der Waals surface area contributed by atoms with Crippen molar-refractivity contribution in [2.24, 2.45) is 17.6 Å². The van der Waals surface area contributed by atoms with Crippen LogP contribution in [0.4, 0.5) is 8.78 Å². The number of carbonyl (C=O) groups is 2. The van der Waals surface area contributed by atoms with Gasteiger partial charge in [0.25, 0.3) is 0 Å². The predicted molar refractivity (Wildman–Crippen MR) is 125 cm³/mol. The summed E-state index contributed by atoms with van der Waals surface area (Å²) in [5, 5.41) is 10.8. The van der Waals surface area contributed by atoms with E-state index in [1.807, 2.05) is 9.80 Å². The molecule has 0 aromatic heterocycles. The van der Waals surface area contributed by atoms with Crippen molar-refractivity contribution in [3.63, 3.8) is 0 Å². The van der Waals surface area contributed by atoms with Gasteiger partial charge in [0.05, 0.1) is 36.3 Å². The Bertz CT molecular complexity index is 786. The molecule has 6 N–H and O–H groups in total. The van der Waals surface area contributed by atoms with Gasteiger partial charge in [-0.25, -0.2) is 19.2 Å². The highest BCUT2D eigenvalue weighted by Gasteiger charge is 2.49. The van der Waals surface area contributed by atoms with E-state index >= 15 is 4.39 Å². The fourth-order valence-corrected chi connectivity index (χ4v) is 6.29. The van der Waals surface area contributed by atoms with E-state index in [0.717, 1.165) is 26.2 Å². The summed E-state index contributed by atoms with van der Waals surface area (Å²) in [7, 11) is 2.06. The second-order valence-corrected chi connectivity index (χ2v) is 10.7. The average molecular weight is 500 g/mol. The number of halogens is 2. The Labute approximate surface area is 205 Å². The number of hydrogen-bond acceptors (Lipinski definition) is 9. The number of amides is 2.